The van der Waals surface area contributed by atoms with E-state index in [9.17, 15) is 4.79 Å². The monoisotopic (exact) mass is 168 g/mol. The predicted octanol–water partition coefficient (Wildman–Crippen LogP) is 2.76. The molecule has 0 atom stereocenters. The highest BCUT2D eigenvalue weighted by atomic mass is 16.4. The number of carboxylic acids is 1. The molecule has 0 saturated heterocycles. The number of hydrogen-bond donors (Lipinski definition) is 1. The Kier molecular flexibility index (Phi) is 6.07. The Balaban J connectivity index is 0.000000202. The fourth-order valence-corrected chi connectivity index (χ4v) is 0.760. The van der Waals surface area contributed by atoms with Crippen LogP contribution in [0.25, 0.3) is 0 Å². The van der Waals surface area contributed by atoms with Gasteiger partial charge < -0.3 is 5.11 Å². The summed E-state index contributed by atoms with van der Waals surface area (Å²) < 4.78 is 0. The molecule has 0 unspecified atom stereocenters. The van der Waals surface area contributed by atoms with Crippen LogP contribution in [0.4, 0.5) is 0 Å². The van der Waals surface area contributed by atoms with Gasteiger partial charge >= 0.3 is 5.97 Å². The van der Waals surface area contributed by atoms with Crippen molar-refractivity contribution in [2.75, 3.05) is 0 Å². The summed E-state index contributed by atoms with van der Waals surface area (Å²) in [5.41, 5.74) is 0.176. The Labute approximate surface area is 73.6 Å². The molecule has 0 radical (unpaired) electrons. The van der Waals surface area contributed by atoms with Crippen LogP contribution in [0.2, 0.25) is 0 Å². The Morgan fingerprint density at radius 2 is 1.67 bits per heavy atom. The lowest BCUT2D eigenvalue weighted by atomic mass is 10.1. The van der Waals surface area contributed by atoms with Crippen molar-refractivity contribution in [3.63, 3.8) is 0 Å². The number of carbonyl (C=O) groups is 1. The first-order chi connectivity index (χ1) is 5.64. The van der Waals surface area contributed by atoms with Crippen molar-refractivity contribution in [1.29, 1.82) is 0 Å². The van der Waals surface area contributed by atoms with Crippen LogP contribution < -0.4 is 0 Å². The van der Waals surface area contributed by atoms with E-state index in [4.69, 9.17) is 5.11 Å². The van der Waals surface area contributed by atoms with Crippen molar-refractivity contribution in [3.05, 3.63) is 24.3 Å². The van der Waals surface area contributed by atoms with Crippen LogP contribution in [0.5, 0.6) is 0 Å². The van der Waals surface area contributed by atoms with Crippen molar-refractivity contribution < 1.29 is 9.90 Å². The summed E-state index contributed by atoms with van der Waals surface area (Å²) in [5, 5.41) is 7.89. The van der Waals surface area contributed by atoms with Gasteiger partial charge in [-0.15, -0.1) is 0 Å². The first kappa shape index (κ1) is 11.0. The molecule has 0 fully saturated rings. The van der Waals surface area contributed by atoms with E-state index < -0.39 is 5.97 Å². The largest absolute Gasteiger partial charge is 0.478 e. The average Bonchev–Trinajstić information content (AvgIpc) is 2.08. The van der Waals surface area contributed by atoms with Gasteiger partial charge in [0.2, 0.25) is 0 Å². The molecule has 68 valence electrons. The summed E-state index contributed by atoms with van der Waals surface area (Å²) in [6, 6.07) is 0. The third kappa shape index (κ3) is 7.06. The van der Waals surface area contributed by atoms with Crippen LogP contribution in [-0.2, 0) is 4.79 Å². The quantitative estimate of drug-likeness (QED) is 0.483. The maximum atomic E-state index is 9.60. The van der Waals surface area contributed by atoms with Crippen molar-refractivity contribution >= 4 is 5.97 Å². The smallest absolute Gasteiger partial charge is 0.330 e. The van der Waals surface area contributed by atoms with Gasteiger partial charge in [-0.25, -0.2) is 4.79 Å². The SMILES string of the molecule is C1=CCCCC1.C=C(C)C(=O)O. The summed E-state index contributed by atoms with van der Waals surface area (Å²) in [6.07, 6.45) is 10.0. The zero-order chi connectivity index (χ0) is 9.40. The van der Waals surface area contributed by atoms with Gasteiger partial charge in [-0.05, 0) is 32.6 Å². The maximum Gasteiger partial charge on any atom is 0.330 e. The molecule has 0 aromatic rings. The van der Waals surface area contributed by atoms with E-state index >= 15 is 0 Å². The van der Waals surface area contributed by atoms with Crippen LogP contribution in [0.1, 0.15) is 32.6 Å². The molecule has 0 bridgehead atoms. The summed E-state index contributed by atoms with van der Waals surface area (Å²) in [6.45, 7) is 4.60. The standard InChI is InChI=1S/C6H10.C4H6O2/c1-2-4-6-5-3-1;1-3(2)4(5)6/h1-2H,3-6H2;1H2,2H3,(H,5,6). The normalized spacial score (nSPS) is 14.4. The number of carboxylic acid groups (broad SMARTS) is 1. The molecule has 12 heavy (non-hydrogen) atoms. The molecule has 2 nitrogen and oxygen atoms in total. The van der Waals surface area contributed by atoms with Gasteiger partial charge in [0.1, 0.15) is 0 Å². The number of aliphatic carboxylic acids is 1. The van der Waals surface area contributed by atoms with Crippen LogP contribution in [0, 0.1) is 0 Å². The van der Waals surface area contributed by atoms with Crippen molar-refractivity contribution in [2.24, 2.45) is 0 Å². The molecule has 0 aromatic carbocycles. The van der Waals surface area contributed by atoms with Gasteiger partial charge in [-0.3, -0.25) is 0 Å². The second-order valence-corrected chi connectivity index (χ2v) is 2.84. The molecule has 0 aliphatic heterocycles. The predicted molar refractivity (Wildman–Crippen MR) is 50.1 cm³/mol. The van der Waals surface area contributed by atoms with Crippen LogP contribution in [0.15, 0.2) is 24.3 Å². The molecule has 0 aromatic heterocycles. The highest BCUT2D eigenvalue weighted by molar-refractivity contribution is 5.84. The number of allylic oxidation sites excluding steroid dienone is 2. The fourth-order valence-electron chi connectivity index (χ4n) is 0.760. The average molecular weight is 168 g/mol. The Morgan fingerprint density at radius 1 is 1.33 bits per heavy atom. The Bertz CT molecular complexity index is 160. The van der Waals surface area contributed by atoms with Gasteiger partial charge in [0.25, 0.3) is 0 Å². The Hall–Kier alpha value is -1.05. The molecule has 2 heteroatoms. The molecule has 0 spiro atoms. The Morgan fingerprint density at radius 3 is 1.75 bits per heavy atom. The number of hydrogen-bond acceptors (Lipinski definition) is 1. The zero-order valence-corrected chi connectivity index (χ0v) is 7.55. The minimum absolute atomic E-state index is 0.176. The number of rotatable bonds is 1. The van der Waals surface area contributed by atoms with Gasteiger partial charge in [-0.1, -0.05) is 18.7 Å². The molecule has 1 N–H and O–H groups in total. The van der Waals surface area contributed by atoms with E-state index in [1.54, 1.807) is 0 Å². The molecule has 1 rings (SSSR count). The van der Waals surface area contributed by atoms with Crippen molar-refractivity contribution in [3.8, 4) is 0 Å². The van der Waals surface area contributed by atoms with Gasteiger partial charge in [-0.2, -0.15) is 0 Å². The molecule has 1 aliphatic carbocycles. The van der Waals surface area contributed by atoms with Gasteiger partial charge in [0, 0.05) is 5.57 Å². The first-order valence-electron chi connectivity index (χ1n) is 4.18. The third-order valence-electron chi connectivity index (χ3n) is 1.52. The maximum absolute atomic E-state index is 9.60. The van der Waals surface area contributed by atoms with E-state index in [2.05, 4.69) is 18.7 Å². The van der Waals surface area contributed by atoms with Crippen LogP contribution >= 0.6 is 0 Å². The van der Waals surface area contributed by atoms with E-state index in [0.29, 0.717) is 0 Å². The summed E-state index contributed by atoms with van der Waals surface area (Å²) in [4.78, 5) is 9.60. The topological polar surface area (TPSA) is 37.3 Å². The summed E-state index contributed by atoms with van der Waals surface area (Å²) in [7, 11) is 0. The summed E-state index contributed by atoms with van der Waals surface area (Å²) >= 11 is 0. The van der Waals surface area contributed by atoms with Crippen molar-refractivity contribution in [1.82, 2.24) is 0 Å². The highest BCUT2D eigenvalue weighted by Crippen LogP contribution is 2.07. The zero-order valence-electron chi connectivity index (χ0n) is 7.55. The lowest BCUT2D eigenvalue weighted by molar-refractivity contribution is -0.132. The first-order valence-corrected chi connectivity index (χ1v) is 4.18. The second-order valence-electron chi connectivity index (χ2n) is 2.84. The van der Waals surface area contributed by atoms with Crippen LogP contribution in [-0.4, -0.2) is 11.1 Å². The third-order valence-corrected chi connectivity index (χ3v) is 1.52. The molecule has 1 aliphatic rings. The van der Waals surface area contributed by atoms with Gasteiger partial charge in [0.05, 0.1) is 0 Å². The lowest BCUT2D eigenvalue weighted by Crippen LogP contribution is -1.92. The molecule has 0 saturated carbocycles. The highest BCUT2D eigenvalue weighted by Gasteiger charge is 1.90. The molecule has 0 amide bonds. The molecular formula is C10H16O2. The minimum atomic E-state index is -0.935. The minimum Gasteiger partial charge on any atom is -0.478 e. The molecular weight excluding hydrogens is 152 g/mol. The molecule has 0 heterocycles. The van der Waals surface area contributed by atoms with Crippen molar-refractivity contribution in [2.45, 2.75) is 32.6 Å². The van der Waals surface area contributed by atoms with Crippen LogP contribution in [0.3, 0.4) is 0 Å². The lowest BCUT2D eigenvalue weighted by Gasteiger charge is -1.97. The fraction of sp³-hybridized carbons (Fsp3) is 0.500. The van der Waals surface area contributed by atoms with E-state index in [1.165, 1.54) is 32.6 Å². The second kappa shape index (κ2) is 6.65. The van der Waals surface area contributed by atoms with E-state index in [1.807, 2.05) is 0 Å². The summed E-state index contributed by atoms with van der Waals surface area (Å²) in [5.74, 6) is -0.935. The van der Waals surface area contributed by atoms with E-state index in [0.717, 1.165) is 0 Å². The van der Waals surface area contributed by atoms with E-state index in [-0.39, 0.29) is 5.57 Å². The van der Waals surface area contributed by atoms with Gasteiger partial charge in [0.15, 0.2) is 0 Å².